The van der Waals surface area contributed by atoms with E-state index in [1.165, 1.54) is 207 Å². The second-order valence-corrected chi connectivity index (χ2v) is 18.2. The van der Waals surface area contributed by atoms with Gasteiger partial charge in [-0.2, -0.15) is 0 Å². The van der Waals surface area contributed by atoms with Crippen molar-refractivity contribution in [3.63, 3.8) is 0 Å². The Bertz CT molecular complexity index is 1480. The third kappa shape index (κ3) is 14.9. The molecule has 3 nitrogen and oxygen atoms in total. The summed E-state index contributed by atoms with van der Waals surface area (Å²) >= 11 is 0. The topological polar surface area (TPSA) is 27.7 Å². The second kappa shape index (κ2) is 28.6. The highest BCUT2D eigenvalue weighted by Crippen LogP contribution is 2.61. The molecule has 6 rings (SSSR count). The van der Waals surface area contributed by atoms with E-state index in [0.29, 0.717) is 0 Å². The molecule has 3 aromatic carbocycles. The van der Waals surface area contributed by atoms with Gasteiger partial charge in [0.15, 0.2) is 0 Å². The summed E-state index contributed by atoms with van der Waals surface area (Å²) in [6.45, 7) is 9.24. The monoisotopic (exact) mass is 807 g/mol. The maximum absolute atomic E-state index is 6.77. The lowest BCUT2D eigenvalue weighted by Gasteiger charge is -2.43. The van der Waals surface area contributed by atoms with Gasteiger partial charge in [-0.3, -0.25) is 0 Å². The van der Waals surface area contributed by atoms with Gasteiger partial charge in [0.25, 0.3) is 0 Å². The molecule has 3 heteroatoms. The van der Waals surface area contributed by atoms with Gasteiger partial charge in [-0.15, -0.1) is 0 Å². The molecular formula is C56H86O3. The van der Waals surface area contributed by atoms with Crippen LogP contribution in [0.4, 0.5) is 0 Å². The van der Waals surface area contributed by atoms with Crippen molar-refractivity contribution in [1.29, 1.82) is 0 Å². The highest BCUT2D eigenvalue weighted by molar-refractivity contribution is 5.74. The van der Waals surface area contributed by atoms with Crippen LogP contribution in [0.25, 0.3) is 0 Å². The van der Waals surface area contributed by atoms with Crippen molar-refractivity contribution in [2.24, 2.45) is 0 Å². The number of benzene rings is 3. The molecule has 0 N–H and O–H groups in total. The maximum Gasteiger partial charge on any atom is 0.123 e. The van der Waals surface area contributed by atoms with Crippen LogP contribution in [0.1, 0.15) is 259 Å². The molecule has 0 aromatic heterocycles. The zero-order valence-electron chi connectivity index (χ0n) is 38.4. The Morgan fingerprint density at radius 3 is 0.814 bits per heavy atom. The fourth-order valence-electron chi connectivity index (χ4n) is 9.99. The lowest BCUT2D eigenvalue weighted by Crippen LogP contribution is -2.29. The smallest absolute Gasteiger partial charge is 0.123 e. The molecule has 3 aliphatic carbocycles. The van der Waals surface area contributed by atoms with E-state index in [-0.39, 0.29) is 11.8 Å². The molecule has 0 amide bonds. The Hall–Kier alpha value is -2.94. The van der Waals surface area contributed by atoms with Gasteiger partial charge in [-0.1, -0.05) is 231 Å². The molecule has 3 aliphatic rings. The van der Waals surface area contributed by atoms with E-state index in [4.69, 9.17) is 14.2 Å². The standard InChI is InChI=1S/C56H86O3/c1-4-7-10-13-16-19-22-25-28-31-43-57-49-40-36-39-48-53(49)52-46-37-34-41-50(58-44-32-29-26-23-20-17-14-11-8-5-2)54(46)56(48)55-47(52)38-35-42-51(55)59-45-33-30-27-24-21-18-15-12-9-6-3/h34-42,52,56H,4-33,43-45H2,1-3H3. The number of ether oxygens (including phenoxy) is 3. The zero-order valence-corrected chi connectivity index (χ0v) is 38.4. The number of hydrogen-bond acceptors (Lipinski definition) is 3. The highest BCUT2D eigenvalue weighted by Gasteiger charge is 2.46. The molecule has 328 valence electrons. The van der Waals surface area contributed by atoms with Gasteiger partial charge >= 0.3 is 0 Å². The minimum Gasteiger partial charge on any atom is -0.493 e. The first-order valence-electron chi connectivity index (χ1n) is 25.6. The lowest BCUT2D eigenvalue weighted by molar-refractivity contribution is 0.291. The molecule has 2 bridgehead atoms. The van der Waals surface area contributed by atoms with Crippen LogP contribution in [0.15, 0.2) is 54.6 Å². The number of unbranched alkanes of at least 4 members (excludes halogenated alkanes) is 27. The highest BCUT2D eigenvalue weighted by atomic mass is 16.5. The Morgan fingerprint density at radius 1 is 0.288 bits per heavy atom. The average Bonchev–Trinajstić information content (AvgIpc) is 3.26. The molecule has 3 aromatic rings. The van der Waals surface area contributed by atoms with Crippen LogP contribution in [-0.2, 0) is 0 Å². The fourth-order valence-corrected chi connectivity index (χ4v) is 9.99. The van der Waals surface area contributed by atoms with Crippen LogP contribution >= 0.6 is 0 Å². The van der Waals surface area contributed by atoms with Crippen molar-refractivity contribution in [3.8, 4) is 17.2 Å². The van der Waals surface area contributed by atoms with Crippen molar-refractivity contribution in [2.75, 3.05) is 19.8 Å². The molecule has 0 saturated heterocycles. The lowest BCUT2D eigenvalue weighted by atomic mass is 9.60. The van der Waals surface area contributed by atoms with Gasteiger partial charge in [-0.05, 0) is 54.2 Å². The minimum atomic E-state index is 0.0775. The normalized spacial score (nSPS) is 14.9. The summed E-state index contributed by atoms with van der Waals surface area (Å²) in [6, 6.07) is 20.5. The summed E-state index contributed by atoms with van der Waals surface area (Å²) in [5, 5.41) is 0. The average molecular weight is 807 g/mol. The molecule has 0 fully saturated rings. The van der Waals surface area contributed by atoms with Crippen LogP contribution in [0.3, 0.4) is 0 Å². The van der Waals surface area contributed by atoms with Gasteiger partial charge in [0.05, 0.1) is 19.8 Å². The van der Waals surface area contributed by atoms with Crippen molar-refractivity contribution >= 4 is 0 Å². The van der Waals surface area contributed by atoms with E-state index in [2.05, 4.69) is 75.4 Å². The first-order valence-corrected chi connectivity index (χ1v) is 25.6. The molecular weight excluding hydrogens is 721 g/mol. The summed E-state index contributed by atoms with van der Waals surface area (Å²) in [5.74, 6) is 3.38. The fraction of sp³-hybridized carbons (Fsp3) is 0.679. The summed E-state index contributed by atoms with van der Waals surface area (Å²) in [5.41, 5.74) is 8.22. The van der Waals surface area contributed by atoms with Crippen LogP contribution in [-0.4, -0.2) is 19.8 Å². The van der Waals surface area contributed by atoms with Crippen molar-refractivity contribution in [3.05, 3.63) is 88.0 Å². The first kappa shape index (κ1) is 47.1. The van der Waals surface area contributed by atoms with Crippen LogP contribution in [0, 0.1) is 0 Å². The summed E-state index contributed by atoms with van der Waals surface area (Å²) in [4.78, 5) is 0. The molecule has 0 spiro atoms. The van der Waals surface area contributed by atoms with E-state index in [1.807, 2.05) is 0 Å². The van der Waals surface area contributed by atoms with E-state index in [0.717, 1.165) is 56.3 Å². The molecule has 0 saturated carbocycles. The Morgan fingerprint density at radius 2 is 0.525 bits per heavy atom. The van der Waals surface area contributed by atoms with Gasteiger partial charge in [-0.25, -0.2) is 0 Å². The number of hydrogen-bond donors (Lipinski definition) is 0. The summed E-state index contributed by atoms with van der Waals surface area (Å²) in [6.07, 6.45) is 40.1. The molecule has 0 radical (unpaired) electrons. The Kier molecular flexibility index (Phi) is 22.8. The third-order valence-corrected chi connectivity index (χ3v) is 13.4. The van der Waals surface area contributed by atoms with E-state index in [1.54, 1.807) is 0 Å². The van der Waals surface area contributed by atoms with Crippen molar-refractivity contribution in [2.45, 2.75) is 225 Å². The Labute approximate surface area is 363 Å². The predicted molar refractivity (Wildman–Crippen MR) is 253 cm³/mol. The third-order valence-electron chi connectivity index (χ3n) is 13.4. The largest absolute Gasteiger partial charge is 0.493 e. The molecule has 0 atom stereocenters. The van der Waals surface area contributed by atoms with Crippen molar-refractivity contribution < 1.29 is 14.2 Å². The zero-order chi connectivity index (χ0) is 41.2. The second-order valence-electron chi connectivity index (χ2n) is 18.2. The van der Waals surface area contributed by atoms with E-state index < -0.39 is 0 Å². The molecule has 0 heterocycles. The molecule has 0 unspecified atom stereocenters. The van der Waals surface area contributed by atoms with Crippen LogP contribution < -0.4 is 14.2 Å². The first-order chi connectivity index (χ1) is 29.3. The van der Waals surface area contributed by atoms with Crippen LogP contribution in [0.2, 0.25) is 0 Å². The van der Waals surface area contributed by atoms with Gasteiger partial charge < -0.3 is 14.2 Å². The van der Waals surface area contributed by atoms with Gasteiger partial charge in [0, 0.05) is 28.5 Å². The summed E-state index contributed by atoms with van der Waals surface area (Å²) < 4.78 is 20.3. The van der Waals surface area contributed by atoms with E-state index >= 15 is 0 Å². The van der Waals surface area contributed by atoms with E-state index in [9.17, 15) is 0 Å². The van der Waals surface area contributed by atoms with Crippen LogP contribution in [0.5, 0.6) is 17.2 Å². The Balaban J connectivity index is 1.23. The quantitative estimate of drug-likeness (QED) is 0.0377. The summed E-state index contributed by atoms with van der Waals surface area (Å²) in [7, 11) is 0. The minimum absolute atomic E-state index is 0.0775. The van der Waals surface area contributed by atoms with Gasteiger partial charge in [0.2, 0.25) is 0 Å². The predicted octanol–water partition coefficient (Wildman–Crippen LogP) is 17.6. The van der Waals surface area contributed by atoms with Gasteiger partial charge in [0.1, 0.15) is 17.2 Å². The van der Waals surface area contributed by atoms with Crippen molar-refractivity contribution in [1.82, 2.24) is 0 Å². The SMILES string of the molecule is CCCCCCCCCCCCOc1cccc2c1C1c3cccc(OCCCCCCCCCCCC)c3C2c2c(OCCCCCCCCCCCC)cccc21. The maximum atomic E-state index is 6.77. The number of rotatable bonds is 36. The molecule has 0 aliphatic heterocycles. The molecule has 59 heavy (non-hydrogen) atoms.